The van der Waals surface area contributed by atoms with Crippen LogP contribution in [0.5, 0.6) is 0 Å². The molecule has 1 amide bonds. The van der Waals surface area contributed by atoms with Gasteiger partial charge < -0.3 is 4.74 Å². The molecule has 0 saturated carbocycles. The maximum absolute atomic E-state index is 11.5. The summed E-state index contributed by atoms with van der Waals surface area (Å²) in [6, 6.07) is 9.96. The van der Waals surface area contributed by atoms with Gasteiger partial charge in [0.15, 0.2) is 0 Å². The van der Waals surface area contributed by atoms with Gasteiger partial charge >= 0.3 is 0 Å². The normalized spacial score (nSPS) is 11.4. The minimum Gasteiger partial charge on any atom is -0.372 e. The largest absolute Gasteiger partial charge is 0.372 e. The molecule has 0 radical (unpaired) electrons. The summed E-state index contributed by atoms with van der Waals surface area (Å²) in [4.78, 5) is 11.5. The van der Waals surface area contributed by atoms with Gasteiger partial charge in [-0.15, -0.1) is 0 Å². The molecule has 0 aliphatic rings. The molecule has 0 aromatic heterocycles. The second kappa shape index (κ2) is 10.1. The zero-order valence-corrected chi connectivity index (χ0v) is 12.4. The van der Waals surface area contributed by atoms with Crippen molar-refractivity contribution in [3.63, 3.8) is 0 Å². The Bertz CT molecular complexity index is 416. The van der Waals surface area contributed by atoms with Crippen LogP contribution in [-0.2, 0) is 9.53 Å². The van der Waals surface area contributed by atoms with Crippen LogP contribution >= 0.6 is 0 Å². The highest BCUT2D eigenvalue weighted by atomic mass is 16.5. The summed E-state index contributed by atoms with van der Waals surface area (Å²) in [6.07, 6.45) is 4.27. The Hall–Kier alpha value is -1.68. The number of hydrogen-bond donors (Lipinski definition) is 1. The van der Waals surface area contributed by atoms with E-state index in [1.807, 2.05) is 37.3 Å². The van der Waals surface area contributed by atoms with E-state index in [0.29, 0.717) is 6.61 Å². The predicted molar refractivity (Wildman–Crippen MR) is 81.8 cm³/mol. The number of nitrogens with one attached hydrogen (secondary N) is 1. The summed E-state index contributed by atoms with van der Waals surface area (Å²) in [5, 5.41) is 4.26. The van der Waals surface area contributed by atoms with Crippen molar-refractivity contribution < 1.29 is 9.53 Å². The summed E-state index contributed by atoms with van der Waals surface area (Å²) in [5.74, 6) is -0.212. The molecule has 0 aliphatic carbocycles. The fourth-order valence-corrected chi connectivity index (χ4v) is 1.79. The van der Waals surface area contributed by atoms with Gasteiger partial charge in [0.1, 0.15) is 6.61 Å². The number of ether oxygens (including phenoxy) is 1. The van der Waals surface area contributed by atoms with E-state index < -0.39 is 0 Å². The smallest absolute Gasteiger partial charge is 0.266 e. The fourth-order valence-electron chi connectivity index (χ4n) is 1.79. The fraction of sp³-hybridized carbons (Fsp3) is 0.500. The van der Waals surface area contributed by atoms with Gasteiger partial charge in [-0.05, 0) is 25.3 Å². The van der Waals surface area contributed by atoms with E-state index in [1.54, 1.807) is 0 Å². The molecule has 0 aliphatic heterocycles. The second-order valence-corrected chi connectivity index (χ2v) is 4.55. The first kappa shape index (κ1) is 16.4. The molecule has 0 atom stereocenters. The van der Waals surface area contributed by atoms with Crippen LogP contribution in [0.2, 0.25) is 0 Å². The summed E-state index contributed by atoms with van der Waals surface area (Å²) >= 11 is 0. The Kier molecular flexibility index (Phi) is 8.31. The molecule has 110 valence electrons. The zero-order chi connectivity index (χ0) is 14.6. The molecule has 1 aromatic rings. The van der Waals surface area contributed by atoms with E-state index in [4.69, 9.17) is 4.74 Å². The van der Waals surface area contributed by atoms with Gasteiger partial charge in [0.25, 0.3) is 5.91 Å². The quantitative estimate of drug-likeness (QED) is 0.428. The average Bonchev–Trinajstić information content (AvgIpc) is 2.49. The number of hydrogen-bond acceptors (Lipinski definition) is 3. The van der Waals surface area contributed by atoms with Crippen molar-refractivity contribution in [1.82, 2.24) is 5.43 Å². The Labute approximate surface area is 121 Å². The second-order valence-electron chi connectivity index (χ2n) is 4.55. The SMILES string of the molecule is CCCCC/C(=N\NC(=O)COCC)c1ccccc1. The van der Waals surface area contributed by atoms with Crippen LogP contribution in [0.4, 0.5) is 0 Å². The maximum Gasteiger partial charge on any atom is 0.266 e. The van der Waals surface area contributed by atoms with Gasteiger partial charge in [0, 0.05) is 6.61 Å². The number of carbonyl (C=O) groups is 1. The first-order valence-corrected chi connectivity index (χ1v) is 7.26. The lowest BCUT2D eigenvalue weighted by atomic mass is 10.0. The Balaban J connectivity index is 2.64. The number of unbranched alkanes of at least 4 members (excludes halogenated alkanes) is 2. The lowest BCUT2D eigenvalue weighted by Gasteiger charge is -2.07. The highest BCUT2D eigenvalue weighted by Gasteiger charge is 2.05. The van der Waals surface area contributed by atoms with Gasteiger partial charge in [-0.25, -0.2) is 5.43 Å². The summed E-state index contributed by atoms with van der Waals surface area (Å²) in [6.45, 7) is 4.61. The first-order valence-electron chi connectivity index (χ1n) is 7.26. The van der Waals surface area contributed by atoms with Gasteiger partial charge in [-0.1, -0.05) is 50.1 Å². The highest BCUT2D eigenvalue weighted by molar-refractivity contribution is 6.01. The van der Waals surface area contributed by atoms with Crippen molar-refractivity contribution in [1.29, 1.82) is 0 Å². The van der Waals surface area contributed by atoms with Gasteiger partial charge in [-0.3, -0.25) is 4.79 Å². The lowest BCUT2D eigenvalue weighted by molar-refractivity contribution is -0.125. The molecule has 0 fully saturated rings. The first-order chi connectivity index (χ1) is 9.77. The molecule has 0 unspecified atom stereocenters. The van der Waals surface area contributed by atoms with Crippen molar-refractivity contribution in [2.24, 2.45) is 5.10 Å². The van der Waals surface area contributed by atoms with Crippen molar-refractivity contribution >= 4 is 11.6 Å². The van der Waals surface area contributed by atoms with E-state index >= 15 is 0 Å². The predicted octanol–water partition coefficient (Wildman–Crippen LogP) is 3.12. The number of rotatable bonds is 9. The third-order valence-corrected chi connectivity index (χ3v) is 2.88. The number of carbonyl (C=O) groups excluding carboxylic acids is 1. The van der Waals surface area contributed by atoms with E-state index in [2.05, 4.69) is 17.5 Å². The van der Waals surface area contributed by atoms with Crippen LogP contribution in [0.15, 0.2) is 35.4 Å². The molecule has 0 spiro atoms. The summed E-state index contributed by atoms with van der Waals surface area (Å²) in [5.41, 5.74) is 4.54. The molecular weight excluding hydrogens is 252 g/mol. The van der Waals surface area contributed by atoms with Gasteiger partial charge in [0.05, 0.1) is 5.71 Å². The van der Waals surface area contributed by atoms with Crippen LogP contribution < -0.4 is 5.43 Å². The Morgan fingerprint density at radius 1 is 1.20 bits per heavy atom. The molecule has 1 aromatic carbocycles. The lowest BCUT2D eigenvalue weighted by Crippen LogP contribution is -2.24. The number of benzene rings is 1. The Morgan fingerprint density at radius 2 is 1.95 bits per heavy atom. The van der Waals surface area contributed by atoms with Crippen molar-refractivity contribution in [2.75, 3.05) is 13.2 Å². The molecule has 0 heterocycles. The third kappa shape index (κ3) is 6.48. The number of hydrazone groups is 1. The minimum absolute atomic E-state index is 0.0526. The van der Waals surface area contributed by atoms with Crippen LogP contribution in [-0.4, -0.2) is 24.8 Å². The average molecular weight is 276 g/mol. The summed E-state index contributed by atoms with van der Waals surface area (Å²) < 4.78 is 5.05. The third-order valence-electron chi connectivity index (χ3n) is 2.88. The minimum atomic E-state index is -0.212. The molecule has 0 saturated heterocycles. The van der Waals surface area contributed by atoms with Crippen LogP contribution in [0.3, 0.4) is 0 Å². The molecule has 1 N–H and O–H groups in total. The maximum atomic E-state index is 11.5. The molecule has 20 heavy (non-hydrogen) atoms. The Morgan fingerprint density at radius 3 is 2.60 bits per heavy atom. The molecular formula is C16H24N2O2. The van der Waals surface area contributed by atoms with Gasteiger partial charge in [0.2, 0.25) is 0 Å². The van der Waals surface area contributed by atoms with E-state index in [0.717, 1.165) is 24.1 Å². The molecule has 4 heteroatoms. The van der Waals surface area contributed by atoms with Gasteiger partial charge in [-0.2, -0.15) is 5.10 Å². The van der Waals surface area contributed by atoms with Crippen molar-refractivity contribution in [3.05, 3.63) is 35.9 Å². The van der Waals surface area contributed by atoms with E-state index in [9.17, 15) is 4.79 Å². The van der Waals surface area contributed by atoms with Crippen LogP contribution in [0.25, 0.3) is 0 Å². The number of nitrogens with zero attached hydrogens (tertiary/aromatic N) is 1. The van der Waals surface area contributed by atoms with Crippen molar-refractivity contribution in [2.45, 2.75) is 39.5 Å². The highest BCUT2D eigenvalue weighted by Crippen LogP contribution is 2.09. The molecule has 4 nitrogen and oxygen atoms in total. The number of amides is 1. The topological polar surface area (TPSA) is 50.7 Å². The van der Waals surface area contributed by atoms with E-state index in [-0.39, 0.29) is 12.5 Å². The standard InChI is InChI=1S/C16H24N2O2/c1-3-5-7-12-15(14-10-8-6-9-11-14)17-18-16(19)13-20-4-2/h6,8-11H,3-5,7,12-13H2,1-2H3,(H,18,19)/b17-15+. The van der Waals surface area contributed by atoms with Crippen LogP contribution in [0.1, 0.15) is 45.1 Å². The zero-order valence-electron chi connectivity index (χ0n) is 12.4. The molecule has 0 bridgehead atoms. The molecule has 1 rings (SSSR count). The monoisotopic (exact) mass is 276 g/mol. The van der Waals surface area contributed by atoms with Crippen LogP contribution in [0, 0.1) is 0 Å². The van der Waals surface area contributed by atoms with E-state index in [1.165, 1.54) is 12.8 Å². The summed E-state index contributed by atoms with van der Waals surface area (Å²) in [7, 11) is 0. The van der Waals surface area contributed by atoms with Crippen molar-refractivity contribution in [3.8, 4) is 0 Å².